The van der Waals surface area contributed by atoms with Crippen molar-refractivity contribution in [2.45, 2.75) is 0 Å². The standard InChI is InChI=1S/C53H34N6/c1-2-8-39(9-3-1)59(41-26-30-54-31-27-41)40-18-12-35(13-19-40)46-32-47(38-17-25-51(58-34-38)49-11-5-7-29-56-49)44-21-15-36-14-20-42(43-22-23-45(46)53(44)52(36)43)37-16-24-50(57-33-37)48-10-4-6-28-55-48/h1-34H. The molecule has 0 spiro atoms. The van der Waals surface area contributed by atoms with Gasteiger partial charge in [-0.05, 0) is 133 Å². The Hall–Kier alpha value is -8.09. The normalized spacial score (nSPS) is 11.4. The van der Waals surface area contributed by atoms with Crippen molar-refractivity contribution in [3.05, 3.63) is 207 Å². The number of hydrogen-bond donors (Lipinski definition) is 0. The summed E-state index contributed by atoms with van der Waals surface area (Å²) >= 11 is 0. The number of para-hydroxylation sites is 1. The molecule has 276 valence electrons. The van der Waals surface area contributed by atoms with E-state index in [4.69, 9.17) is 9.97 Å². The second-order valence-corrected chi connectivity index (χ2v) is 14.5. The highest BCUT2D eigenvalue weighted by molar-refractivity contribution is 6.30. The van der Waals surface area contributed by atoms with Crippen LogP contribution in [0.2, 0.25) is 0 Å². The predicted octanol–water partition coefficient (Wildman–Crippen LogP) is 13.4. The minimum atomic E-state index is 0.840. The number of anilines is 3. The molecule has 0 amide bonds. The van der Waals surface area contributed by atoms with Crippen LogP contribution in [0.25, 0.3) is 88.5 Å². The maximum atomic E-state index is 4.92. The smallest absolute Gasteiger partial charge is 0.0886 e. The minimum absolute atomic E-state index is 0.840. The van der Waals surface area contributed by atoms with Gasteiger partial charge in [-0.25, -0.2) is 0 Å². The Morgan fingerprint density at radius 2 is 0.831 bits per heavy atom. The van der Waals surface area contributed by atoms with Crippen LogP contribution in [0.4, 0.5) is 17.1 Å². The molecule has 0 saturated heterocycles. The third kappa shape index (κ3) is 6.11. The van der Waals surface area contributed by atoms with E-state index >= 15 is 0 Å². The molecule has 0 saturated carbocycles. The van der Waals surface area contributed by atoms with Gasteiger partial charge in [-0.2, -0.15) is 0 Å². The van der Waals surface area contributed by atoms with Gasteiger partial charge in [0.1, 0.15) is 0 Å². The largest absolute Gasteiger partial charge is 0.310 e. The van der Waals surface area contributed by atoms with E-state index in [9.17, 15) is 0 Å². The van der Waals surface area contributed by atoms with Gasteiger partial charge in [0.05, 0.1) is 22.8 Å². The third-order valence-corrected chi connectivity index (χ3v) is 11.2. The van der Waals surface area contributed by atoms with Gasteiger partial charge in [0, 0.05) is 65.4 Å². The number of hydrogen-bond acceptors (Lipinski definition) is 6. The molecule has 59 heavy (non-hydrogen) atoms. The molecule has 6 heteroatoms. The molecule has 0 aliphatic rings. The van der Waals surface area contributed by atoms with E-state index in [2.05, 4.69) is 135 Å². The van der Waals surface area contributed by atoms with Crippen molar-refractivity contribution in [3.8, 4) is 56.2 Å². The van der Waals surface area contributed by atoms with E-state index in [1.54, 1.807) is 12.4 Å². The van der Waals surface area contributed by atoms with Crippen molar-refractivity contribution >= 4 is 49.4 Å². The Bertz CT molecular complexity index is 3170. The van der Waals surface area contributed by atoms with Gasteiger partial charge in [-0.15, -0.1) is 0 Å². The summed E-state index contributed by atoms with van der Waals surface area (Å²) in [4.78, 5) is 25.4. The van der Waals surface area contributed by atoms with Crippen LogP contribution >= 0.6 is 0 Å². The van der Waals surface area contributed by atoms with E-state index in [1.165, 1.54) is 32.3 Å². The van der Waals surface area contributed by atoms with Crippen LogP contribution in [0.5, 0.6) is 0 Å². The second-order valence-electron chi connectivity index (χ2n) is 14.5. The van der Waals surface area contributed by atoms with Gasteiger partial charge >= 0.3 is 0 Å². The first-order valence-corrected chi connectivity index (χ1v) is 19.6. The maximum Gasteiger partial charge on any atom is 0.0886 e. The number of aromatic nitrogens is 5. The molecule has 0 unspecified atom stereocenters. The van der Waals surface area contributed by atoms with Crippen molar-refractivity contribution in [1.29, 1.82) is 0 Å². The number of nitrogens with zero attached hydrogens (tertiary/aromatic N) is 6. The highest BCUT2D eigenvalue weighted by Crippen LogP contribution is 2.46. The summed E-state index contributed by atoms with van der Waals surface area (Å²) in [6.07, 6.45) is 11.2. The summed E-state index contributed by atoms with van der Waals surface area (Å²) in [5, 5.41) is 7.22. The average Bonchev–Trinajstić information content (AvgIpc) is 3.32. The first-order valence-electron chi connectivity index (χ1n) is 19.6. The Morgan fingerprint density at radius 1 is 0.322 bits per heavy atom. The lowest BCUT2D eigenvalue weighted by Crippen LogP contribution is -2.09. The highest BCUT2D eigenvalue weighted by Gasteiger charge is 2.20. The fourth-order valence-corrected chi connectivity index (χ4v) is 8.37. The summed E-state index contributed by atoms with van der Waals surface area (Å²) in [5.41, 5.74) is 13.2. The molecule has 0 aliphatic carbocycles. The van der Waals surface area contributed by atoms with Crippen molar-refractivity contribution in [3.63, 3.8) is 0 Å². The van der Waals surface area contributed by atoms with Crippen LogP contribution in [0.1, 0.15) is 0 Å². The van der Waals surface area contributed by atoms with E-state index < -0.39 is 0 Å². The van der Waals surface area contributed by atoms with Gasteiger partial charge in [0.15, 0.2) is 0 Å². The van der Waals surface area contributed by atoms with Gasteiger partial charge in [0.2, 0.25) is 0 Å². The van der Waals surface area contributed by atoms with Gasteiger partial charge < -0.3 is 4.90 Å². The highest BCUT2D eigenvalue weighted by atomic mass is 15.1. The van der Waals surface area contributed by atoms with E-state index in [0.717, 1.165) is 73.2 Å². The molecule has 0 aliphatic heterocycles. The summed E-state index contributed by atoms with van der Waals surface area (Å²) in [5.74, 6) is 0. The number of benzene rings is 6. The third-order valence-electron chi connectivity index (χ3n) is 11.2. The Labute approximate surface area is 341 Å². The lowest BCUT2D eigenvalue weighted by Gasteiger charge is -2.25. The number of rotatable bonds is 8. The lowest BCUT2D eigenvalue weighted by atomic mass is 9.84. The molecule has 0 fully saturated rings. The van der Waals surface area contributed by atoms with Gasteiger partial charge in [-0.3, -0.25) is 24.9 Å². The molecular formula is C53H34N6. The second kappa shape index (κ2) is 14.4. The summed E-state index contributed by atoms with van der Waals surface area (Å²) < 4.78 is 0. The zero-order valence-electron chi connectivity index (χ0n) is 31.8. The van der Waals surface area contributed by atoms with E-state index in [-0.39, 0.29) is 0 Å². The first-order chi connectivity index (χ1) is 29.3. The van der Waals surface area contributed by atoms with Gasteiger partial charge in [0.25, 0.3) is 0 Å². The van der Waals surface area contributed by atoms with Crippen LogP contribution in [-0.2, 0) is 0 Å². The zero-order chi connectivity index (χ0) is 39.1. The van der Waals surface area contributed by atoms with Gasteiger partial charge in [-0.1, -0.05) is 91.0 Å². The molecule has 0 radical (unpaired) electrons. The van der Waals surface area contributed by atoms with E-state index in [1.807, 2.05) is 79.4 Å². The molecule has 0 atom stereocenters. The fraction of sp³-hybridized carbons (Fsp3) is 0. The first kappa shape index (κ1) is 34.2. The Morgan fingerprint density at radius 3 is 1.44 bits per heavy atom. The molecule has 11 rings (SSSR count). The van der Waals surface area contributed by atoms with Crippen LogP contribution in [0.15, 0.2) is 207 Å². The molecule has 5 aromatic heterocycles. The van der Waals surface area contributed by atoms with Crippen molar-refractivity contribution in [1.82, 2.24) is 24.9 Å². The Kier molecular flexibility index (Phi) is 8.37. The van der Waals surface area contributed by atoms with Crippen LogP contribution < -0.4 is 4.90 Å². The minimum Gasteiger partial charge on any atom is -0.310 e. The molecule has 6 nitrogen and oxygen atoms in total. The van der Waals surface area contributed by atoms with Crippen LogP contribution in [0, 0.1) is 0 Å². The molecule has 11 aromatic rings. The van der Waals surface area contributed by atoms with Crippen molar-refractivity contribution < 1.29 is 0 Å². The van der Waals surface area contributed by atoms with E-state index in [0.29, 0.717) is 0 Å². The van der Waals surface area contributed by atoms with Crippen LogP contribution in [-0.4, -0.2) is 24.9 Å². The maximum absolute atomic E-state index is 4.92. The average molecular weight is 755 g/mol. The Balaban J connectivity index is 1.10. The molecule has 0 bridgehead atoms. The van der Waals surface area contributed by atoms with Crippen molar-refractivity contribution in [2.24, 2.45) is 0 Å². The lowest BCUT2D eigenvalue weighted by molar-refractivity contribution is 1.24. The topological polar surface area (TPSA) is 67.7 Å². The monoisotopic (exact) mass is 754 g/mol. The van der Waals surface area contributed by atoms with Crippen LogP contribution in [0.3, 0.4) is 0 Å². The van der Waals surface area contributed by atoms with Crippen molar-refractivity contribution in [2.75, 3.05) is 4.90 Å². The quantitative estimate of drug-likeness (QED) is 0.144. The predicted molar refractivity (Wildman–Crippen MR) is 241 cm³/mol. The molecule has 6 aromatic carbocycles. The molecule has 0 N–H and O–H groups in total. The summed E-state index contributed by atoms with van der Waals surface area (Å²) in [7, 11) is 0. The fourth-order valence-electron chi connectivity index (χ4n) is 8.37. The molecule has 5 heterocycles. The SMILES string of the molecule is c1ccc(N(c2ccncc2)c2ccc(-c3cc(-c4ccc(-c5ccccn5)nc4)c4ccc5ccc(-c6ccc(-c7ccccn7)nc6)c6ccc3c4c56)cc2)cc1. The zero-order valence-corrected chi connectivity index (χ0v) is 31.8. The summed E-state index contributed by atoms with van der Waals surface area (Å²) in [6.45, 7) is 0. The summed E-state index contributed by atoms with van der Waals surface area (Å²) in [6, 6.07) is 59.6. The number of pyridine rings is 5. The molecular weight excluding hydrogens is 721 g/mol.